The molecule has 2 heteroatoms. The second-order valence-corrected chi connectivity index (χ2v) is 5.17. The van der Waals surface area contributed by atoms with Gasteiger partial charge in [0.25, 0.3) is 0 Å². The maximum Gasteiger partial charge on any atom is 0.120 e. The molecule has 0 aliphatic carbocycles. The summed E-state index contributed by atoms with van der Waals surface area (Å²) in [4.78, 5) is 0. The fraction of sp³-hybridized carbons (Fsp3) is 0.333. The van der Waals surface area contributed by atoms with Gasteiger partial charge in [0, 0.05) is 6.54 Å². The first-order valence-corrected chi connectivity index (χ1v) is 7.26. The topological polar surface area (TPSA) is 21.3 Å². The summed E-state index contributed by atoms with van der Waals surface area (Å²) in [5, 5.41) is 3.33. The van der Waals surface area contributed by atoms with Crippen LogP contribution in [-0.4, -0.2) is 12.6 Å². The van der Waals surface area contributed by atoms with Crippen LogP contribution in [0, 0.1) is 0 Å². The molecular weight excluding hydrogens is 246 g/mol. The van der Waals surface area contributed by atoms with Gasteiger partial charge in [-0.2, -0.15) is 0 Å². The summed E-state index contributed by atoms with van der Waals surface area (Å²) in [5.41, 5.74) is 3.72. The van der Waals surface area contributed by atoms with Gasteiger partial charge in [-0.25, -0.2) is 0 Å². The maximum atomic E-state index is 5.74. The van der Waals surface area contributed by atoms with Gasteiger partial charge in [-0.3, -0.25) is 0 Å². The number of nitrogens with one attached hydrogen (secondary N) is 1. The Morgan fingerprint density at radius 3 is 2.40 bits per heavy atom. The molecule has 0 heterocycles. The largest absolute Gasteiger partial charge is 0.491 e. The van der Waals surface area contributed by atoms with Crippen LogP contribution in [-0.2, 0) is 6.54 Å². The van der Waals surface area contributed by atoms with Gasteiger partial charge in [-0.1, -0.05) is 43.3 Å². The molecule has 0 bridgehead atoms. The van der Waals surface area contributed by atoms with Crippen molar-refractivity contribution in [2.45, 2.75) is 33.4 Å². The van der Waals surface area contributed by atoms with Crippen molar-refractivity contribution in [2.24, 2.45) is 0 Å². The fourth-order valence-electron chi connectivity index (χ4n) is 2.11. The van der Waals surface area contributed by atoms with Gasteiger partial charge < -0.3 is 10.1 Å². The number of benzene rings is 2. The van der Waals surface area contributed by atoms with Crippen LogP contribution in [0.3, 0.4) is 0 Å². The van der Waals surface area contributed by atoms with Crippen molar-refractivity contribution < 1.29 is 4.74 Å². The summed E-state index contributed by atoms with van der Waals surface area (Å²) in [7, 11) is 0. The standard InChI is InChI=1S/C18H23NO/c1-4-19-13-15-8-10-16(11-9-15)17-6-5-7-18(12-17)20-14(2)3/h5-12,14,19H,4,13H2,1-3H3. The van der Waals surface area contributed by atoms with Crippen LogP contribution < -0.4 is 10.1 Å². The van der Waals surface area contributed by atoms with Crippen LogP contribution in [0.2, 0.25) is 0 Å². The van der Waals surface area contributed by atoms with Gasteiger partial charge >= 0.3 is 0 Å². The van der Waals surface area contributed by atoms with E-state index in [1.165, 1.54) is 16.7 Å². The third-order valence-electron chi connectivity index (χ3n) is 3.07. The Hall–Kier alpha value is -1.80. The monoisotopic (exact) mass is 269 g/mol. The molecule has 2 rings (SSSR count). The van der Waals surface area contributed by atoms with E-state index in [2.05, 4.69) is 48.6 Å². The predicted octanol–water partition coefficient (Wildman–Crippen LogP) is 4.25. The quantitative estimate of drug-likeness (QED) is 0.846. The molecule has 0 atom stereocenters. The zero-order valence-corrected chi connectivity index (χ0v) is 12.5. The summed E-state index contributed by atoms with van der Waals surface area (Å²) in [6.45, 7) is 8.13. The van der Waals surface area contributed by atoms with Gasteiger partial charge in [0.05, 0.1) is 6.10 Å². The molecule has 2 aromatic rings. The average molecular weight is 269 g/mol. The highest BCUT2D eigenvalue weighted by molar-refractivity contribution is 5.65. The highest BCUT2D eigenvalue weighted by Crippen LogP contribution is 2.24. The molecule has 2 nitrogen and oxygen atoms in total. The van der Waals surface area contributed by atoms with Crippen molar-refractivity contribution in [3.05, 3.63) is 54.1 Å². The van der Waals surface area contributed by atoms with Crippen molar-refractivity contribution in [2.75, 3.05) is 6.54 Å². The predicted molar refractivity (Wildman–Crippen MR) is 85.0 cm³/mol. The summed E-state index contributed by atoms with van der Waals surface area (Å²) in [5.74, 6) is 0.925. The second kappa shape index (κ2) is 7.11. The molecule has 0 saturated heterocycles. The van der Waals surface area contributed by atoms with Crippen LogP contribution in [0.25, 0.3) is 11.1 Å². The number of hydrogen-bond donors (Lipinski definition) is 1. The van der Waals surface area contributed by atoms with Crippen LogP contribution in [0.5, 0.6) is 5.75 Å². The van der Waals surface area contributed by atoms with Crippen molar-refractivity contribution in [3.8, 4) is 16.9 Å². The minimum absolute atomic E-state index is 0.202. The van der Waals surface area contributed by atoms with Gasteiger partial charge in [0.2, 0.25) is 0 Å². The minimum Gasteiger partial charge on any atom is -0.491 e. The number of hydrogen-bond acceptors (Lipinski definition) is 2. The Morgan fingerprint density at radius 1 is 1.00 bits per heavy atom. The normalized spacial score (nSPS) is 10.8. The highest BCUT2D eigenvalue weighted by atomic mass is 16.5. The molecule has 0 aliphatic rings. The molecule has 106 valence electrons. The summed E-state index contributed by atoms with van der Waals surface area (Å²) >= 11 is 0. The van der Waals surface area contributed by atoms with E-state index in [1.54, 1.807) is 0 Å². The smallest absolute Gasteiger partial charge is 0.120 e. The summed E-state index contributed by atoms with van der Waals surface area (Å²) < 4.78 is 5.74. The average Bonchev–Trinajstić information content (AvgIpc) is 2.45. The zero-order chi connectivity index (χ0) is 14.4. The van der Waals surface area contributed by atoms with E-state index in [9.17, 15) is 0 Å². The lowest BCUT2D eigenvalue weighted by molar-refractivity contribution is 0.242. The first-order valence-electron chi connectivity index (χ1n) is 7.26. The third kappa shape index (κ3) is 4.10. The lowest BCUT2D eigenvalue weighted by atomic mass is 10.0. The maximum absolute atomic E-state index is 5.74. The molecule has 2 aromatic carbocycles. The molecule has 0 amide bonds. The molecular formula is C18H23NO. The summed E-state index contributed by atoms with van der Waals surface area (Å²) in [6.07, 6.45) is 0.202. The van der Waals surface area contributed by atoms with Crippen molar-refractivity contribution >= 4 is 0 Å². The first kappa shape index (κ1) is 14.6. The molecule has 0 saturated carbocycles. The molecule has 1 N–H and O–H groups in total. The molecule has 0 fully saturated rings. The second-order valence-electron chi connectivity index (χ2n) is 5.17. The molecule has 0 spiro atoms. The van der Waals surface area contributed by atoms with E-state index in [0.29, 0.717) is 0 Å². The van der Waals surface area contributed by atoms with Crippen molar-refractivity contribution in [1.29, 1.82) is 0 Å². The summed E-state index contributed by atoms with van der Waals surface area (Å²) in [6, 6.07) is 16.9. The van der Waals surface area contributed by atoms with Gasteiger partial charge in [-0.05, 0) is 49.2 Å². The van der Waals surface area contributed by atoms with Crippen molar-refractivity contribution in [3.63, 3.8) is 0 Å². The lowest BCUT2D eigenvalue weighted by Crippen LogP contribution is -2.11. The minimum atomic E-state index is 0.202. The molecule has 20 heavy (non-hydrogen) atoms. The van der Waals surface area contributed by atoms with E-state index in [1.807, 2.05) is 26.0 Å². The lowest BCUT2D eigenvalue weighted by Gasteiger charge is -2.11. The molecule has 0 radical (unpaired) electrons. The van der Waals surface area contributed by atoms with E-state index in [0.717, 1.165) is 18.8 Å². The Morgan fingerprint density at radius 2 is 1.75 bits per heavy atom. The van der Waals surface area contributed by atoms with E-state index in [4.69, 9.17) is 4.74 Å². The van der Waals surface area contributed by atoms with E-state index in [-0.39, 0.29) is 6.10 Å². The Bertz CT molecular complexity index is 531. The third-order valence-corrected chi connectivity index (χ3v) is 3.07. The van der Waals surface area contributed by atoms with Crippen LogP contribution in [0.1, 0.15) is 26.3 Å². The van der Waals surface area contributed by atoms with Gasteiger partial charge in [0.1, 0.15) is 5.75 Å². The SMILES string of the molecule is CCNCc1ccc(-c2cccc(OC(C)C)c2)cc1. The zero-order valence-electron chi connectivity index (χ0n) is 12.5. The van der Waals surface area contributed by atoms with E-state index < -0.39 is 0 Å². The van der Waals surface area contributed by atoms with Gasteiger partial charge in [0.15, 0.2) is 0 Å². The number of rotatable bonds is 6. The van der Waals surface area contributed by atoms with E-state index >= 15 is 0 Å². The van der Waals surface area contributed by atoms with Gasteiger partial charge in [-0.15, -0.1) is 0 Å². The Balaban J connectivity index is 2.14. The molecule has 0 aromatic heterocycles. The van der Waals surface area contributed by atoms with Crippen molar-refractivity contribution in [1.82, 2.24) is 5.32 Å². The van der Waals surface area contributed by atoms with Crippen LogP contribution in [0.4, 0.5) is 0 Å². The fourth-order valence-corrected chi connectivity index (χ4v) is 2.11. The van der Waals surface area contributed by atoms with Crippen LogP contribution in [0.15, 0.2) is 48.5 Å². The number of ether oxygens (including phenoxy) is 1. The molecule has 0 unspecified atom stereocenters. The Labute approximate surface area is 121 Å². The first-order chi connectivity index (χ1) is 9.69. The van der Waals surface area contributed by atoms with Crippen LogP contribution >= 0.6 is 0 Å². The Kier molecular flexibility index (Phi) is 5.19. The highest BCUT2D eigenvalue weighted by Gasteiger charge is 2.02. The molecule has 0 aliphatic heterocycles.